The zero-order valence-electron chi connectivity index (χ0n) is 16.2. The molecule has 1 aromatic carbocycles. The highest BCUT2D eigenvalue weighted by atomic mass is 35.5. The Morgan fingerprint density at radius 3 is 2.35 bits per heavy atom. The van der Waals surface area contributed by atoms with Crippen LogP contribution >= 0.6 is 23.2 Å². The first-order chi connectivity index (χ1) is 14.3. The summed E-state index contributed by atoms with van der Waals surface area (Å²) in [5.74, 6) is -2.11. The fourth-order valence-electron chi connectivity index (χ4n) is 3.16. The summed E-state index contributed by atoms with van der Waals surface area (Å²) in [5.41, 5.74) is -5.40. The van der Waals surface area contributed by atoms with Crippen LogP contribution in [0.1, 0.15) is 31.2 Å². The number of nitrogens with zero attached hydrogens (tertiary/aromatic N) is 2. The van der Waals surface area contributed by atoms with Crippen molar-refractivity contribution in [3.05, 3.63) is 61.3 Å². The maximum absolute atomic E-state index is 14.8. The molecule has 0 spiro atoms. The van der Waals surface area contributed by atoms with Gasteiger partial charge in [-0.2, -0.15) is 13.2 Å². The van der Waals surface area contributed by atoms with Crippen molar-refractivity contribution in [2.24, 2.45) is 7.05 Å². The minimum absolute atomic E-state index is 0.0844. The van der Waals surface area contributed by atoms with E-state index in [1.165, 1.54) is 13.0 Å². The van der Waals surface area contributed by atoms with Crippen LogP contribution in [0.25, 0.3) is 16.7 Å². The maximum atomic E-state index is 14.8. The summed E-state index contributed by atoms with van der Waals surface area (Å²) in [4.78, 5) is 36.6. The lowest BCUT2D eigenvalue weighted by Crippen LogP contribution is -2.41. The molecule has 2 heterocycles. The van der Waals surface area contributed by atoms with Crippen molar-refractivity contribution in [3.63, 3.8) is 0 Å². The standard InChI is InChI=1S/C19H14Cl2F4N2O4/c1-7(15(21)8(2)28)12-4-9-10(20)5-11(22)16(17(9)31-12)27-14(29)6-13(19(23,24)25)26(3)18(27)30/h4-7,15H,1-3H3. The summed E-state index contributed by atoms with van der Waals surface area (Å²) in [6.07, 6.45) is -4.98. The average Bonchev–Trinajstić information content (AvgIpc) is 3.10. The first-order valence-corrected chi connectivity index (χ1v) is 9.53. The summed E-state index contributed by atoms with van der Waals surface area (Å²) in [6, 6.07) is 2.34. The summed E-state index contributed by atoms with van der Waals surface area (Å²) in [6.45, 7) is 2.82. The number of halogens is 6. The van der Waals surface area contributed by atoms with Gasteiger partial charge in [0.1, 0.15) is 28.3 Å². The van der Waals surface area contributed by atoms with E-state index in [4.69, 9.17) is 27.6 Å². The molecule has 0 N–H and O–H groups in total. The highest BCUT2D eigenvalue weighted by molar-refractivity contribution is 6.35. The van der Waals surface area contributed by atoms with Crippen molar-refractivity contribution >= 4 is 40.0 Å². The molecule has 6 nitrogen and oxygen atoms in total. The molecule has 166 valence electrons. The zero-order valence-corrected chi connectivity index (χ0v) is 17.7. The number of carbonyl (C=O) groups is 1. The Kier molecular flexibility index (Phi) is 5.83. The van der Waals surface area contributed by atoms with Gasteiger partial charge in [-0.3, -0.25) is 14.2 Å². The Balaban J connectivity index is 2.37. The monoisotopic (exact) mass is 480 g/mol. The maximum Gasteiger partial charge on any atom is 0.431 e. The number of carbonyl (C=O) groups excluding carboxylic acids is 1. The van der Waals surface area contributed by atoms with Crippen molar-refractivity contribution in [2.75, 3.05) is 0 Å². The van der Waals surface area contributed by atoms with Gasteiger partial charge in [0.25, 0.3) is 5.56 Å². The average molecular weight is 481 g/mol. The van der Waals surface area contributed by atoms with Crippen LogP contribution in [0.3, 0.4) is 0 Å². The predicted molar refractivity (Wildman–Crippen MR) is 106 cm³/mol. The molecule has 12 heteroatoms. The molecule has 0 aliphatic rings. The second-order valence-corrected chi connectivity index (χ2v) is 7.80. The molecular formula is C19H14Cl2F4N2O4. The molecular weight excluding hydrogens is 467 g/mol. The predicted octanol–water partition coefficient (Wildman–Crippen LogP) is 4.39. The summed E-state index contributed by atoms with van der Waals surface area (Å²) < 4.78 is 60.2. The molecule has 2 unspecified atom stereocenters. The van der Waals surface area contributed by atoms with Gasteiger partial charge in [0, 0.05) is 24.4 Å². The summed E-state index contributed by atoms with van der Waals surface area (Å²) in [7, 11) is 0.798. The molecule has 3 aromatic rings. The van der Waals surface area contributed by atoms with Crippen molar-refractivity contribution < 1.29 is 26.8 Å². The summed E-state index contributed by atoms with van der Waals surface area (Å²) >= 11 is 12.1. The number of hydrogen-bond donors (Lipinski definition) is 0. The SMILES string of the molecule is CC(=O)C(Cl)C(C)c1cc2c(Cl)cc(F)c(-n3c(=O)cc(C(F)(F)F)n(C)c3=O)c2o1. The Morgan fingerprint density at radius 2 is 1.81 bits per heavy atom. The van der Waals surface area contributed by atoms with Gasteiger partial charge in [-0.1, -0.05) is 18.5 Å². The third-order valence-electron chi connectivity index (χ3n) is 4.81. The highest BCUT2D eigenvalue weighted by Crippen LogP contribution is 2.37. The van der Waals surface area contributed by atoms with E-state index in [0.29, 0.717) is 0 Å². The van der Waals surface area contributed by atoms with E-state index < -0.39 is 45.9 Å². The molecule has 0 radical (unpaired) electrons. The van der Waals surface area contributed by atoms with Crippen molar-refractivity contribution in [3.8, 4) is 5.69 Å². The van der Waals surface area contributed by atoms with E-state index in [-0.39, 0.29) is 42.7 Å². The quantitative estimate of drug-likeness (QED) is 0.409. The lowest BCUT2D eigenvalue weighted by atomic mass is 10.0. The van der Waals surface area contributed by atoms with Gasteiger partial charge in [-0.05, 0) is 19.1 Å². The Bertz CT molecular complexity index is 1320. The fraction of sp³-hybridized carbons (Fsp3) is 0.316. The molecule has 0 saturated heterocycles. The number of fused-ring (bicyclic) bond motifs is 1. The molecule has 2 aromatic heterocycles. The largest absolute Gasteiger partial charge is 0.458 e. The number of benzene rings is 1. The van der Waals surface area contributed by atoms with Crippen LogP contribution in [0, 0.1) is 5.82 Å². The number of furan rings is 1. The Labute approximate surface area is 181 Å². The van der Waals surface area contributed by atoms with Crippen LogP contribution < -0.4 is 11.2 Å². The minimum atomic E-state index is -4.98. The van der Waals surface area contributed by atoms with Gasteiger partial charge in [-0.25, -0.2) is 13.8 Å². The number of rotatable bonds is 4. The van der Waals surface area contributed by atoms with Gasteiger partial charge in [-0.15, -0.1) is 11.6 Å². The zero-order chi connectivity index (χ0) is 23.4. The van der Waals surface area contributed by atoms with E-state index in [1.54, 1.807) is 6.92 Å². The number of hydrogen-bond acceptors (Lipinski definition) is 4. The third kappa shape index (κ3) is 3.89. The summed E-state index contributed by atoms with van der Waals surface area (Å²) in [5, 5.41) is -1.04. The first kappa shape index (κ1) is 23.1. The van der Waals surface area contributed by atoms with Gasteiger partial charge in [0.05, 0.1) is 5.02 Å². The van der Waals surface area contributed by atoms with E-state index >= 15 is 0 Å². The Morgan fingerprint density at radius 1 is 1.19 bits per heavy atom. The lowest BCUT2D eigenvalue weighted by Gasteiger charge is -2.15. The number of alkyl halides is 4. The van der Waals surface area contributed by atoms with Gasteiger partial charge >= 0.3 is 11.9 Å². The van der Waals surface area contributed by atoms with Crippen LogP contribution in [-0.2, 0) is 18.0 Å². The molecule has 2 atom stereocenters. The van der Waals surface area contributed by atoms with Crippen LogP contribution in [0.5, 0.6) is 0 Å². The van der Waals surface area contributed by atoms with E-state index in [1.807, 2.05) is 0 Å². The molecule has 0 amide bonds. The number of ketones is 1. The molecule has 31 heavy (non-hydrogen) atoms. The third-order valence-corrected chi connectivity index (χ3v) is 5.81. The van der Waals surface area contributed by atoms with Gasteiger partial charge in [0.2, 0.25) is 0 Å². The first-order valence-electron chi connectivity index (χ1n) is 8.72. The van der Waals surface area contributed by atoms with E-state index in [0.717, 1.165) is 13.1 Å². The molecule has 0 saturated carbocycles. The number of aromatic nitrogens is 2. The number of Topliss-reactive ketones (excluding diaryl/α,β-unsaturated/α-hetero) is 1. The van der Waals surface area contributed by atoms with Gasteiger partial charge in [0.15, 0.2) is 11.4 Å². The van der Waals surface area contributed by atoms with Crippen LogP contribution in [-0.4, -0.2) is 20.3 Å². The Hall–Kier alpha value is -2.59. The minimum Gasteiger partial charge on any atom is -0.458 e. The van der Waals surface area contributed by atoms with Crippen molar-refractivity contribution in [2.45, 2.75) is 31.3 Å². The van der Waals surface area contributed by atoms with Crippen LogP contribution in [0.4, 0.5) is 17.6 Å². The molecule has 0 aliphatic heterocycles. The fourth-order valence-corrected chi connectivity index (χ4v) is 3.52. The van der Waals surface area contributed by atoms with E-state index in [2.05, 4.69) is 0 Å². The molecule has 0 bridgehead atoms. The molecule has 3 rings (SSSR count). The smallest absolute Gasteiger partial charge is 0.431 e. The lowest BCUT2D eigenvalue weighted by molar-refractivity contribution is -0.144. The molecule has 0 fully saturated rings. The van der Waals surface area contributed by atoms with Crippen LogP contribution in [0.15, 0.2) is 32.2 Å². The van der Waals surface area contributed by atoms with Gasteiger partial charge < -0.3 is 4.42 Å². The topological polar surface area (TPSA) is 74.2 Å². The van der Waals surface area contributed by atoms with Crippen molar-refractivity contribution in [1.82, 2.24) is 9.13 Å². The van der Waals surface area contributed by atoms with Crippen molar-refractivity contribution in [1.29, 1.82) is 0 Å². The van der Waals surface area contributed by atoms with Crippen LogP contribution in [0.2, 0.25) is 5.02 Å². The normalized spacial score (nSPS) is 14.1. The second-order valence-electron chi connectivity index (χ2n) is 6.92. The molecule has 0 aliphatic carbocycles. The highest BCUT2D eigenvalue weighted by Gasteiger charge is 2.36. The second kappa shape index (κ2) is 7.83. The van der Waals surface area contributed by atoms with E-state index in [9.17, 15) is 31.9 Å².